The summed E-state index contributed by atoms with van der Waals surface area (Å²) >= 11 is 0. The molecule has 3 heteroatoms. The molecule has 94 valence electrons. The Bertz CT molecular complexity index is 519. The van der Waals surface area contributed by atoms with Gasteiger partial charge in [-0.25, -0.2) is 0 Å². The summed E-state index contributed by atoms with van der Waals surface area (Å²) in [6.07, 6.45) is 3.14. The first-order valence-corrected chi connectivity index (χ1v) is 6.33. The highest BCUT2D eigenvalue weighted by Crippen LogP contribution is 2.33. The number of rotatable bonds is 4. The van der Waals surface area contributed by atoms with E-state index in [0.29, 0.717) is 6.61 Å². The van der Waals surface area contributed by atoms with Gasteiger partial charge in [0.1, 0.15) is 0 Å². The molecule has 0 amide bonds. The van der Waals surface area contributed by atoms with E-state index in [1.165, 1.54) is 5.56 Å². The normalized spacial score (nSPS) is 17.9. The third kappa shape index (κ3) is 2.07. The summed E-state index contributed by atoms with van der Waals surface area (Å²) in [5.74, 6) is 0. The number of hydrogen-bond acceptors (Lipinski definition) is 2. The van der Waals surface area contributed by atoms with E-state index in [4.69, 9.17) is 4.74 Å². The summed E-state index contributed by atoms with van der Waals surface area (Å²) in [5, 5.41) is 9.32. The first kappa shape index (κ1) is 11.5. The molecule has 0 bridgehead atoms. The number of fused-ring (bicyclic) bond motifs is 1. The van der Waals surface area contributed by atoms with Crippen LogP contribution in [0.4, 0.5) is 0 Å². The minimum absolute atomic E-state index is 0.0908. The Kier molecular flexibility index (Phi) is 3.17. The molecule has 2 aromatic rings. The number of aliphatic hydroxyl groups is 1. The van der Waals surface area contributed by atoms with Crippen LogP contribution in [0.25, 0.3) is 0 Å². The monoisotopic (exact) mass is 243 g/mol. The molecule has 1 aliphatic heterocycles. The number of nitrogens with zero attached hydrogens (tertiary/aromatic N) is 1. The number of aromatic nitrogens is 1. The minimum atomic E-state index is 0.0908. The fourth-order valence-electron chi connectivity index (χ4n) is 2.58. The first-order chi connectivity index (χ1) is 8.88. The Balaban J connectivity index is 1.71. The third-order valence-electron chi connectivity index (χ3n) is 3.50. The lowest BCUT2D eigenvalue weighted by Crippen LogP contribution is -2.03. The number of hydrogen-bond donors (Lipinski definition) is 1. The van der Waals surface area contributed by atoms with Crippen LogP contribution >= 0.6 is 0 Å². The van der Waals surface area contributed by atoms with Crippen molar-refractivity contribution >= 4 is 0 Å². The predicted molar refractivity (Wildman–Crippen MR) is 68.9 cm³/mol. The van der Waals surface area contributed by atoms with Crippen LogP contribution in [-0.4, -0.2) is 9.67 Å². The topological polar surface area (TPSA) is 34.4 Å². The Hall–Kier alpha value is -1.58. The van der Waals surface area contributed by atoms with Gasteiger partial charge in [0, 0.05) is 18.3 Å². The van der Waals surface area contributed by atoms with Gasteiger partial charge in [-0.3, -0.25) is 0 Å². The summed E-state index contributed by atoms with van der Waals surface area (Å²) in [5.41, 5.74) is 3.33. The lowest BCUT2D eigenvalue weighted by atomic mass is 10.1. The highest BCUT2D eigenvalue weighted by Gasteiger charge is 2.25. The summed E-state index contributed by atoms with van der Waals surface area (Å²) < 4.78 is 8.17. The van der Waals surface area contributed by atoms with E-state index in [9.17, 15) is 5.11 Å². The Labute approximate surface area is 107 Å². The van der Waals surface area contributed by atoms with Crippen molar-refractivity contribution in [2.45, 2.75) is 32.3 Å². The summed E-state index contributed by atoms with van der Waals surface area (Å²) in [6.45, 7) is 1.70. The van der Waals surface area contributed by atoms with Gasteiger partial charge in [0.25, 0.3) is 0 Å². The molecule has 1 N–H and O–H groups in total. The van der Waals surface area contributed by atoms with Crippen molar-refractivity contribution in [3.63, 3.8) is 0 Å². The van der Waals surface area contributed by atoms with Crippen molar-refractivity contribution in [2.24, 2.45) is 0 Å². The van der Waals surface area contributed by atoms with Gasteiger partial charge in [0.05, 0.1) is 25.0 Å². The molecule has 1 aromatic carbocycles. The maximum atomic E-state index is 9.32. The Morgan fingerprint density at radius 3 is 2.83 bits per heavy atom. The van der Waals surface area contributed by atoms with Crippen LogP contribution in [0.2, 0.25) is 0 Å². The summed E-state index contributed by atoms with van der Waals surface area (Å²) in [6, 6.07) is 12.2. The molecule has 0 aliphatic carbocycles. The maximum Gasteiger partial charge on any atom is 0.0999 e. The molecule has 0 unspecified atom stereocenters. The van der Waals surface area contributed by atoms with Crippen molar-refractivity contribution in [3.8, 4) is 0 Å². The molecule has 3 nitrogen and oxygen atoms in total. The fourth-order valence-corrected chi connectivity index (χ4v) is 2.58. The summed E-state index contributed by atoms with van der Waals surface area (Å²) in [7, 11) is 0. The average molecular weight is 243 g/mol. The van der Waals surface area contributed by atoms with E-state index in [0.717, 1.165) is 24.2 Å². The van der Waals surface area contributed by atoms with Crippen LogP contribution in [0, 0.1) is 0 Å². The molecule has 0 radical (unpaired) electrons. The molecule has 2 heterocycles. The number of benzene rings is 1. The fraction of sp³-hybridized carbons (Fsp3) is 0.333. The van der Waals surface area contributed by atoms with Crippen LogP contribution < -0.4 is 0 Å². The van der Waals surface area contributed by atoms with Gasteiger partial charge in [0.2, 0.25) is 0 Å². The van der Waals surface area contributed by atoms with Crippen LogP contribution in [0.3, 0.4) is 0 Å². The van der Waals surface area contributed by atoms with Crippen molar-refractivity contribution < 1.29 is 9.84 Å². The van der Waals surface area contributed by atoms with Gasteiger partial charge >= 0.3 is 0 Å². The maximum absolute atomic E-state index is 9.32. The van der Waals surface area contributed by atoms with Gasteiger partial charge < -0.3 is 14.4 Å². The minimum Gasteiger partial charge on any atom is -0.392 e. The molecule has 1 atom stereocenters. The predicted octanol–water partition coefficient (Wildman–Crippen LogP) is 2.64. The Morgan fingerprint density at radius 2 is 2.06 bits per heavy atom. The molecule has 1 aromatic heterocycles. The molecule has 18 heavy (non-hydrogen) atoms. The SMILES string of the molecule is OCc1ccn2c1[C@@H](OCc1ccccc1)CC2. The second kappa shape index (κ2) is 4.96. The number of aliphatic hydroxyl groups excluding tert-OH is 1. The van der Waals surface area contributed by atoms with E-state index >= 15 is 0 Å². The molecule has 0 saturated heterocycles. The smallest absolute Gasteiger partial charge is 0.0999 e. The molecule has 0 fully saturated rings. The average Bonchev–Trinajstić information content (AvgIpc) is 2.99. The zero-order chi connectivity index (χ0) is 12.4. The standard InChI is InChI=1S/C15H17NO2/c17-10-13-6-8-16-9-7-14(15(13)16)18-11-12-4-2-1-3-5-12/h1-6,8,14,17H,7,9-11H2/t14-/m0/s1. The van der Waals surface area contributed by atoms with Crippen LogP contribution in [0.15, 0.2) is 42.6 Å². The van der Waals surface area contributed by atoms with E-state index in [2.05, 4.69) is 16.7 Å². The second-order valence-electron chi connectivity index (χ2n) is 4.65. The van der Waals surface area contributed by atoms with Gasteiger partial charge in [-0.05, 0) is 18.1 Å². The largest absolute Gasteiger partial charge is 0.392 e. The van der Waals surface area contributed by atoms with Crippen molar-refractivity contribution in [2.75, 3.05) is 0 Å². The van der Waals surface area contributed by atoms with Crippen LogP contribution in [0.1, 0.15) is 29.3 Å². The van der Waals surface area contributed by atoms with E-state index in [1.54, 1.807) is 0 Å². The molecule has 0 spiro atoms. The Morgan fingerprint density at radius 1 is 1.22 bits per heavy atom. The van der Waals surface area contributed by atoms with Crippen LogP contribution in [-0.2, 0) is 24.5 Å². The molecule has 3 rings (SSSR count). The number of aryl methyl sites for hydroxylation is 1. The van der Waals surface area contributed by atoms with Crippen molar-refractivity contribution in [1.82, 2.24) is 4.57 Å². The van der Waals surface area contributed by atoms with Gasteiger partial charge in [0.15, 0.2) is 0 Å². The zero-order valence-electron chi connectivity index (χ0n) is 10.2. The molecule has 1 aliphatic rings. The number of ether oxygens (including phenoxy) is 1. The quantitative estimate of drug-likeness (QED) is 0.895. The zero-order valence-corrected chi connectivity index (χ0v) is 10.2. The van der Waals surface area contributed by atoms with E-state index in [1.807, 2.05) is 30.5 Å². The molecular weight excluding hydrogens is 226 g/mol. The second-order valence-corrected chi connectivity index (χ2v) is 4.65. The van der Waals surface area contributed by atoms with Crippen molar-refractivity contribution in [1.29, 1.82) is 0 Å². The van der Waals surface area contributed by atoms with E-state index in [-0.39, 0.29) is 12.7 Å². The van der Waals surface area contributed by atoms with E-state index < -0.39 is 0 Å². The highest BCUT2D eigenvalue weighted by molar-refractivity contribution is 5.26. The first-order valence-electron chi connectivity index (χ1n) is 6.33. The van der Waals surface area contributed by atoms with Crippen molar-refractivity contribution in [3.05, 3.63) is 59.4 Å². The lowest BCUT2D eigenvalue weighted by Gasteiger charge is -2.13. The van der Waals surface area contributed by atoms with Gasteiger partial charge in [-0.1, -0.05) is 30.3 Å². The third-order valence-corrected chi connectivity index (χ3v) is 3.50. The highest BCUT2D eigenvalue weighted by atomic mass is 16.5. The molecular formula is C15H17NO2. The van der Waals surface area contributed by atoms with Gasteiger partial charge in [-0.2, -0.15) is 0 Å². The lowest BCUT2D eigenvalue weighted by molar-refractivity contribution is 0.0397. The van der Waals surface area contributed by atoms with Gasteiger partial charge in [-0.15, -0.1) is 0 Å². The summed E-state index contributed by atoms with van der Waals surface area (Å²) in [4.78, 5) is 0. The molecule has 0 saturated carbocycles. The van der Waals surface area contributed by atoms with Crippen LogP contribution in [0.5, 0.6) is 0 Å².